The molecule has 2 nitrogen and oxygen atoms in total. The quantitative estimate of drug-likeness (QED) is 0.614. The van der Waals surface area contributed by atoms with E-state index in [4.69, 9.17) is 0 Å². The third kappa shape index (κ3) is 3.40. The lowest BCUT2D eigenvalue weighted by atomic mass is 10.0. The van der Waals surface area contributed by atoms with Gasteiger partial charge >= 0.3 is 0 Å². The number of nitrogens with zero attached hydrogens (tertiary/aromatic N) is 2. The summed E-state index contributed by atoms with van der Waals surface area (Å²) in [4.78, 5) is 2.56. The molecule has 4 rings (SSSR count). The topological polar surface area (TPSA) is 8.17 Å². The van der Waals surface area contributed by atoms with Crippen LogP contribution in [0.25, 0.3) is 10.9 Å². The van der Waals surface area contributed by atoms with E-state index in [0.717, 1.165) is 38.9 Å². The van der Waals surface area contributed by atoms with Crippen LogP contribution in [0.1, 0.15) is 23.2 Å². The zero-order valence-corrected chi connectivity index (χ0v) is 15.0. The zero-order chi connectivity index (χ0) is 17.1. The summed E-state index contributed by atoms with van der Waals surface area (Å²) in [5.41, 5.74) is 5.84. The molecule has 2 heteroatoms. The minimum Gasteiger partial charge on any atom is -0.347 e. The van der Waals surface area contributed by atoms with Gasteiger partial charge in [0.05, 0.1) is 0 Å². The summed E-state index contributed by atoms with van der Waals surface area (Å²) in [5.74, 6) is 0. The minimum atomic E-state index is 1.05. The van der Waals surface area contributed by atoms with Crippen LogP contribution in [0.15, 0.2) is 66.7 Å². The van der Waals surface area contributed by atoms with Crippen LogP contribution in [-0.2, 0) is 26.4 Å². The number of aryl methyl sites for hydroxylation is 2. The Bertz CT molecular complexity index is 874. The smallest absolute Gasteiger partial charge is 0.0483 e. The number of fused-ring (bicyclic) bond motifs is 3. The predicted octanol–water partition coefficient (Wildman–Crippen LogP) is 4.73. The predicted molar refractivity (Wildman–Crippen MR) is 106 cm³/mol. The summed E-state index contributed by atoms with van der Waals surface area (Å²) >= 11 is 0. The third-order valence-electron chi connectivity index (χ3n) is 5.36. The first-order valence-electron chi connectivity index (χ1n) is 9.29. The van der Waals surface area contributed by atoms with Crippen LogP contribution in [0.5, 0.6) is 0 Å². The fraction of sp³-hybridized carbons (Fsp3) is 0.304. The Balaban J connectivity index is 1.36. The molecule has 0 radical (unpaired) electrons. The highest BCUT2D eigenvalue weighted by Crippen LogP contribution is 2.29. The molecule has 25 heavy (non-hydrogen) atoms. The number of hydrogen-bond acceptors (Lipinski definition) is 1. The fourth-order valence-electron chi connectivity index (χ4n) is 3.98. The Hall–Kier alpha value is -2.32. The summed E-state index contributed by atoms with van der Waals surface area (Å²) in [5, 5.41) is 1.43. The summed E-state index contributed by atoms with van der Waals surface area (Å²) < 4.78 is 2.39. The molecule has 2 heterocycles. The van der Waals surface area contributed by atoms with E-state index in [1.54, 1.807) is 0 Å². The van der Waals surface area contributed by atoms with Crippen molar-refractivity contribution in [1.82, 2.24) is 9.47 Å². The molecule has 0 saturated carbocycles. The average molecular weight is 330 g/mol. The molecule has 0 saturated heterocycles. The van der Waals surface area contributed by atoms with Gasteiger partial charge in [-0.1, -0.05) is 60.7 Å². The second-order valence-electron chi connectivity index (χ2n) is 6.98. The summed E-state index contributed by atoms with van der Waals surface area (Å²) in [7, 11) is 2.21. The van der Waals surface area contributed by atoms with Gasteiger partial charge in [-0.25, -0.2) is 0 Å². The molecule has 0 spiro atoms. The third-order valence-corrected chi connectivity index (χ3v) is 5.36. The van der Waals surface area contributed by atoms with Crippen molar-refractivity contribution in [2.24, 2.45) is 7.05 Å². The first-order chi connectivity index (χ1) is 12.3. The van der Waals surface area contributed by atoms with E-state index >= 15 is 0 Å². The lowest BCUT2D eigenvalue weighted by Gasteiger charge is -2.26. The van der Waals surface area contributed by atoms with E-state index < -0.39 is 0 Å². The van der Waals surface area contributed by atoms with E-state index in [-0.39, 0.29) is 0 Å². The van der Waals surface area contributed by atoms with Gasteiger partial charge in [-0.3, -0.25) is 4.90 Å². The van der Waals surface area contributed by atoms with E-state index in [9.17, 15) is 0 Å². The first-order valence-corrected chi connectivity index (χ1v) is 9.29. The molecule has 0 bridgehead atoms. The van der Waals surface area contributed by atoms with Gasteiger partial charge in [0, 0.05) is 49.7 Å². The standard InChI is InChI=1S/C23H26N2/c1-24-22-14-8-7-13-20(22)21-18-25(17-15-23(21)24)16-9-3-6-12-19-10-4-2-5-11-19/h2-5,7-11,13-14H,6,12,15-18H2,1H3/b9-3-. The highest BCUT2D eigenvalue weighted by atomic mass is 15.1. The molecular formula is C23H26N2. The number of allylic oxidation sites excluding steroid dienone is 1. The van der Waals surface area contributed by atoms with Gasteiger partial charge in [-0.15, -0.1) is 0 Å². The molecule has 0 unspecified atom stereocenters. The molecule has 0 amide bonds. The lowest BCUT2D eigenvalue weighted by Crippen LogP contribution is -2.31. The SMILES string of the molecule is Cn1c2c(c3ccccc31)CN(C/C=C\CCc1ccccc1)CC2. The largest absolute Gasteiger partial charge is 0.347 e. The number of hydrogen-bond donors (Lipinski definition) is 0. The van der Waals surface area contributed by atoms with Crippen molar-refractivity contribution >= 4 is 10.9 Å². The van der Waals surface area contributed by atoms with Crippen molar-refractivity contribution in [2.45, 2.75) is 25.8 Å². The van der Waals surface area contributed by atoms with Crippen LogP contribution in [0, 0.1) is 0 Å². The summed E-state index contributed by atoms with van der Waals surface area (Å²) in [6.07, 6.45) is 8.09. The number of para-hydroxylation sites is 1. The van der Waals surface area contributed by atoms with Crippen LogP contribution in [0.3, 0.4) is 0 Å². The van der Waals surface area contributed by atoms with E-state index in [0.29, 0.717) is 0 Å². The maximum Gasteiger partial charge on any atom is 0.0483 e. The Morgan fingerprint density at radius 1 is 0.960 bits per heavy atom. The van der Waals surface area contributed by atoms with Crippen molar-refractivity contribution in [3.8, 4) is 0 Å². The molecule has 1 aromatic heterocycles. The average Bonchev–Trinajstić information content (AvgIpc) is 2.95. The molecule has 0 atom stereocenters. The summed E-state index contributed by atoms with van der Waals surface area (Å²) in [6.45, 7) is 3.28. The highest BCUT2D eigenvalue weighted by molar-refractivity contribution is 5.85. The molecule has 1 aliphatic rings. The van der Waals surface area contributed by atoms with E-state index in [2.05, 4.69) is 83.3 Å². The lowest BCUT2D eigenvalue weighted by molar-refractivity contribution is 0.279. The molecule has 0 aliphatic carbocycles. The van der Waals surface area contributed by atoms with E-state index in [1.807, 2.05) is 0 Å². The normalized spacial score (nSPS) is 15.1. The second-order valence-corrected chi connectivity index (χ2v) is 6.98. The Labute approximate surface area is 150 Å². The van der Waals surface area contributed by atoms with Gasteiger partial charge in [0.15, 0.2) is 0 Å². The van der Waals surface area contributed by atoms with Crippen molar-refractivity contribution < 1.29 is 0 Å². The van der Waals surface area contributed by atoms with Crippen molar-refractivity contribution in [2.75, 3.05) is 13.1 Å². The first kappa shape index (κ1) is 16.2. The van der Waals surface area contributed by atoms with Crippen molar-refractivity contribution in [1.29, 1.82) is 0 Å². The van der Waals surface area contributed by atoms with Gasteiger partial charge in [0.2, 0.25) is 0 Å². The van der Waals surface area contributed by atoms with Gasteiger partial charge < -0.3 is 4.57 Å². The Morgan fingerprint density at radius 2 is 1.76 bits per heavy atom. The fourth-order valence-corrected chi connectivity index (χ4v) is 3.98. The van der Waals surface area contributed by atoms with Crippen LogP contribution in [0.2, 0.25) is 0 Å². The molecule has 3 aromatic rings. The number of aromatic nitrogens is 1. The number of rotatable bonds is 5. The highest BCUT2D eigenvalue weighted by Gasteiger charge is 2.21. The van der Waals surface area contributed by atoms with Crippen LogP contribution in [-0.4, -0.2) is 22.6 Å². The van der Waals surface area contributed by atoms with Crippen LogP contribution >= 0.6 is 0 Å². The molecule has 128 valence electrons. The Morgan fingerprint density at radius 3 is 2.64 bits per heavy atom. The zero-order valence-electron chi connectivity index (χ0n) is 15.0. The van der Waals surface area contributed by atoms with Crippen LogP contribution in [0.4, 0.5) is 0 Å². The van der Waals surface area contributed by atoms with Gasteiger partial charge in [-0.05, 0) is 30.0 Å². The molecule has 0 fully saturated rings. The molecule has 2 aromatic carbocycles. The monoisotopic (exact) mass is 330 g/mol. The van der Waals surface area contributed by atoms with Crippen molar-refractivity contribution in [3.05, 3.63) is 83.6 Å². The molecular weight excluding hydrogens is 304 g/mol. The van der Waals surface area contributed by atoms with Crippen molar-refractivity contribution in [3.63, 3.8) is 0 Å². The van der Waals surface area contributed by atoms with E-state index in [1.165, 1.54) is 27.7 Å². The maximum atomic E-state index is 2.56. The maximum absolute atomic E-state index is 2.56. The van der Waals surface area contributed by atoms with Gasteiger partial charge in [0.1, 0.15) is 0 Å². The second kappa shape index (κ2) is 7.28. The molecule has 1 aliphatic heterocycles. The van der Waals surface area contributed by atoms with Gasteiger partial charge in [-0.2, -0.15) is 0 Å². The van der Waals surface area contributed by atoms with Crippen LogP contribution < -0.4 is 0 Å². The minimum absolute atomic E-state index is 1.05. The van der Waals surface area contributed by atoms with Gasteiger partial charge in [0.25, 0.3) is 0 Å². The number of benzene rings is 2. The Kier molecular flexibility index (Phi) is 4.71. The molecule has 0 N–H and O–H groups in total. The summed E-state index contributed by atoms with van der Waals surface area (Å²) in [6, 6.07) is 19.5.